The molecule has 0 radical (unpaired) electrons. The summed E-state index contributed by atoms with van der Waals surface area (Å²) in [4.78, 5) is 17.9. The summed E-state index contributed by atoms with van der Waals surface area (Å²) in [5.41, 5.74) is 17.9. The molecule has 0 saturated heterocycles. The maximum atomic E-state index is 5.32. The normalized spacial score (nSPS) is 12.2. The summed E-state index contributed by atoms with van der Waals surface area (Å²) in [7, 11) is 0. The molecule has 2 N–H and O–H groups in total. The molecule has 0 unspecified atom stereocenters. The average molecular weight is 581 g/mol. The second kappa shape index (κ2) is 10.8. The molecule has 0 fully saturated rings. The van der Waals surface area contributed by atoms with Crippen LogP contribution in [-0.2, 0) is 0 Å². The van der Waals surface area contributed by atoms with Crippen molar-refractivity contribution in [2.45, 2.75) is 20.8 Å². The van der Waals surface area contributed by atoms with Gasteiger partial charge in [0.25, 0.3) is 0 Å². The smallest absolute Gasteiger partial charge is 0.0737 e. The van der Waals surface area contributed by atoms with E-state index in [1.54, 1.807) is 0 Å². The number of nitrogens with one attached hydrogen (secondary N) is 2. The quantitative estimate of drug-likeness (QED) is 0.218. The van der Waals surface area contributed by atoms with Crippen LogP contribution in [0.3, 0.4) is 0 Å². The van der Waals surface area contributed by atoms with Crippen LogP contribution in [0.25, 0.3) is 79.8 Å². The van der Waals surface area contributed by atoms with Crippen molar-refractivity contribution in [1.82, 2.24) is 19.9 Å². The Morgan fingerprint density at radius 2 is 0.800 bits per heavy atom. The van der Waals surface area contributed by atoms with Crippen molar-refractivity contribution in [3.05, 3.63) is 143 Å². The highest BCUT2D eigenvalue weighted by Gasteiger charge is 2.16. The number of H-pyrrole nitrogens is 2. The number of hydrogen-bond acceptors (Lipinski definition) is 2. The highest BCUT2D eigenvalue weighted by atomic mass is 14.8. The van der Waals surface area contributed by atoms with Crippen LogP contribution in [0.5, 0.6) is 0 Å². The van der Waals surface area contributed by atoms with Crippen LogP contribution in [0.15, 0.2) is 103 Å². The molecule has 5 heterocycles. The fourth-order valence-corrected chi connectivity index (χ4v) is 6.21. The van der Waals surface area contributed by atoms with E-state index in [0.29, 0.717) is 0 Å². The van der Waals surface area contributed by atoms with Crippen LogP contribution in [0.1, 0.15) is 39.5 Å². The third-order valence-electron chi connectivity index (χ3n) is 8.60. The molecule has 2 aliphatic heterocycles. The van der Waals surface area contributed by atoms with Crippen molar-refractivity contribution in [3.8, 4) is 33.4 Å². The number of benzene rings is 3. The van der Waals surface area contributed by atoms with Gasteiger partial charge in [0.15, 0.2) is 0 Å². The first-order valence-electron chi connectivity index (χ1n) is 15.3. The van der Waals surface area contributed by atoms with Crippen LogP contribution in [0, 0.1) is 20.8 Å². The summed E-state index contributed by atoms with van der Waals surface area (Å²) in [5.74, 6) is 0. The van der Waals surface area contributed by atoms with Crippen molar-refractivity contribution >= 4 is 46.4 Å². The van der Waals surface area contributed by atoms with Gasteiger partial charge in [-0.1, -0.05) is 89.5 Å². The van der Waals surface area contributed by atoms with E-state index in [-0.39, 0.29) is 0 Å². The average Bonchev–Trinajstić information content (AvgIpc) is 3.87. The minimum Gasteiger partial charge on any atom is -0.355 e. The van der Waals surface area contributed by atoms with Gasteiger partial charge in [-0.05, 0) is 92.1 Å². The zero-order valence-electron chi connectivity index (χ0n) is 25.5. The molecule has 0 amide bonds. The lowest BCUT2D eigenvalue weighted by Gasteiger charge is -2.07. The zero-order valence-corrected chi connectivity index (χ0v) is 25.5. The molecule has 0 spiro atoms. The monoisotopic (exact) mass is 580 g/mol. The van der Waals surface area contributed by atoms with Gasteiger partial charge in [-0.2, -0.15) is 0 Å². The van der Waals surface area contributed by atoms with E-state index in [1.165, 1.54) is 16.7 Å². The van der Waals surface area contributed by atoms with Crippen LogP contribution in [-0.4, -0.2) is 19.9 Å². The van der Waals surface area contributed by atoms with Gasteiger partial charge in [-0.15, -0.1) is 0 Å². The highest BCUT2D eigenvalue weighted by molar-refractivity contribution is 5.97. The predicted molar refractivity (Wildman–Crippen MR) is 189 cm³/mol. The van der Waals surface area contributed by atoms with Gasteiger partial charge in [0.2, 0.25) is 0 Å². The largest absolute Gasteiger partial charge is 0.355 e. The lowest BCUT2D eigenvalue weighted by atomic mass is 10.0. The van der Waals surface area contributed by atoms with E-state index < -0.39 is 0 Å². The number of hydrogen-bond donors (Lipinski definition) is 2. The molecule has 0 aliphatic carbocycles. The molecule has 2 aliphatic rings. The van der Waals surface area contributed by atoms with Gasteiger partial charge in [0.05, 0.1) is 22.8 Å². The third-order valence-corrected chi connectivity index (χ3v) is 8.60. The molecule has 216 valence electrons. The van der Waals surface area contributed by atoms with Crippen LogP contribution in [0.4, 0.5) is 0 Å². The zero-order chi connectivity index (χ0) is 30.5. The number of aromatic amines is 2. The summed E-state index contributed by atoms with van der Waals surface area (Å²) in [6.45, 7) is 6.35. The van der Waals surface area contributed by atoms with Gasteiger partial charge in [-0.3, -0.25) is 0 Å². The maximum Gasteiger partial charge on any atom is 0.0737 e. The first-order valence-corrected chi connectivity index (χ1v) is 15.3. The van der Waals surface area contributed by atoms with Crippen molar-refractivity contribution in [1.29, 1.82) is 0 Å². The van der Waals surface area contributed by atoms with E-state index in [9.17, 15) is 0 Å². The summed E-state index contributed by atoms with van der Waals surface area (Å²) >= 11 is 0. The molecule has 8 bridgehead atoms. The standard InChI is InChI=1S/C41H32N4/c1-25-4-10-28(11-5-25)39-33-18-16-31(42-33)24-32-17-19-34(43-32)40(29-12-6-26(2)7-13-29)36-21-23-38(45-36)41(37-22-20-35(39)44-37)30-14-8-27(3)9-15-30/h4-24,42,45H,1-3H3. The van der Waals surface area contributed by atoms with E-state index in [2.05, 4.69) is 158 Å². The Kier molecular flexibility index (Phi) is 6.42. The lowest BCUT2D eigenvalue weighted by molar-refractivity contribution is 1.31. The first-order chi connectivity index (χ1) is 22.0. The van der Waals surface area contributed by atoms with E-state index >= 15 is 0 Å². The van der Waals surface area contributed by atoms with Crippen LogP contribution >= 0.6 is 0 Å². The molecule has 3 aromatic carbocycles. The summed E-state index contributed by atoms with van der Waals surface area (Å²) < 4.78 is 0. The minimum atomic E-state index is 0.902. The topological polar surface area (TPSA) is 57.4 Å². The summed E-state index contributed by atoms with van der Waals surface area (Å²) in [6, 6.07) is 36.7. The predicted octanol–water partition coefficient (Wildman–Crippen LogP) is 10.6. The fraction of sp³-hybridized carbons (Fsp3) is 0.0732. The Hall–Kier alpha value is -5.74. The van der Waals surface area contributed by atoms with Crippen LogP contribution < -0.4 is 0 Å². The van der Waals surface area contributed by atoms with Gasteiger partial charge < -0.3 is 9.97 Å². The van der Waals surface area contributed by atoms with Gasteiger partial charge in [0, 0.05) is 38.8 Å². The number of aryl methyl sites for hydroxylation is 3. The van der Waals surface area contributed by atoms with E-state index in [0.717, 1.165) is 78.2 Å². The maximum absolute atomic E-state index is 5.32. The van der Waals surface area contributed by atoms with E-state index in [4.69, 9.17) is 9.97 Å². The number of aromatic nitrogens is 4. The second-order valence-corrected chi connectivity index (χ2v) is 12.0. The number of nitrogens with zero attached hydrogens (tertiary/aromatic N) is 2. The molecule has 4 nitrogen and oxygen atoms in total. The molecule has 3 aromatic heterocycles. The Morgan fingerprint density at radius 1 is 0.400 bits per heavy atom. The molecule has 0 saturated carbocycles. The molecular weight excluding hydrogens is 548 g/mol. The molecule has 8 rings (SSSR count). The molecule has 6 aromatic rings. The van der Waals surface area contributed by atoms with Crippen molar-refractivity contribution in [2.24, 2.45) is 0 Å². The van der Waals surface area contributed by atoms with Crippen molar-refractivity contribution in [2.75, 3.05) is 0 Å². The van der Waals surface area contributed by atoms with Crippen LogP contribution in [0.2, 0.25) is 0 Å². The third kappa shape index (κ3) is 5.00. The Morgan fingerprint density at radius 3 is 1.29 bits per heavy atom. The van der Waals surface area contributed by atoms with Crippen molar-refractivity contribution in [3.63, 3.8) is 0 Å². The second-order valence-electron chi connectivity index (χ2n) is 12.0. The minimum absolute atomic E-state index is 0.902. The van der Waals surface area contributed by atoms with Gasteiger partial charge in [-0.25, -0.2) is 9.97 Å². The highest BCUT2D eigenvalue weighted by Crippen LogP contribution is 2.36. The molecule has 4 heteroatoms. The summed E-state index contributed by atoms with van der Waals surface area (Å²) in [5, 5.41) is 0. The SMILES string of the molecule is Cc1ccc(-c2c3nc(c(-c4ccc(C)cc4)c4ccc([nH]4)c(-c4ccc(C)cc4)c4nc(cc5ccc2[nH]5)C=C4)C=C3)cc1. The van der Waals surface area contributed by atoms with Gasteiger partial charge >= 0.3 is 0 Å². The molecule has 0 atom stereocenters. The molecular formula is C41H32N4. The molecule has 45 heavy (non-hydrogen) atoms. The number of fused-ring (bicyclic) bond motifs is 8. The van der Waals surface area contributed by atoms with Crippen molar-refractivity contribution < 1.29 is 0 Å². The Balaban J connectivity index is 1.52. The van der Waals surface area contributed by atoms with Gasteiger partial charge in [0.1, 0.15) is 0 Å². The summed E-state index contributed by atoms with van der Waals surface area (Å²) in [6.07, 6.45) is 8.48. The Labute approximate surface area is 262 Å². The number of rotatable bonds is 3. The van der Waals surface area contributed by atoms with E-state index in [1.807, 2.05) is 0 Å². The Bertz CT molecular complexity index is 2270. The lowest BCUT2D eigenvalue weighted by Crippen LogP contribution is -1.89. The fourth-order valence-electron chi connectivity index (χ4n) is 6.21. The first kappa shape index (κ1) is 26.9.